The number of rotatable bonds is 3. The number of likely N-dealkylation sites (tertiary alicyclic amines) is 1. The van der Waals surface area contributed by atoms with E-state index in [0.717, 1.165) is 49.2 Å². The zero-order valence-corrected chi connectivity index (χ0v) is 16.4. The number of hydrogen-bond donors (Lipinski definition) is 1. The number of carbonyl (C=O) groups excluding carboxylic acids is 1. The van der Waals surface area contributed by atoms with Crippen LogP contribution < -0.4 is 10.5 Å². The summed E-state index contributed by atoms with van der Waals surface area (Å²) in [5, 5.41) is 0.671. The van der Waals surface area contributed by atoms with E-state index in [1.54, 1.807) is 6.07 Å². The van der Waals surface area contributed by atoms with E-state index in [4.69, 9.17) is 22.1 Å². The van der Waals surface area contributed by atoms with Gasteiger partial charge in [-0.05, 0) is 48.6 Å². The highest BCUT2D eigenvalue weighted by molar-refractivity contribution is 6.31. The van der Waals surface area contributed by atoms with Crippen molar-refractivity contribution in [2.75, 3.05) is 19.7 Å². The van der Waals surface area contributed by atoms with Gasteiger partial charge in [-0.1, -0.05) is 36.7 Å². The van der Waals surface area contributed by atoms with Gasteiger partial charge >= 0.3 is 0 Å². The summed E-state index contributed by atoms with van der Waals surface area (Å²) in [6.45, 7) is 4.73. The van der Waals surface area contributed by atoms with Crippen LogP contribution in [-0.4, -0.2) is 30.5 Å². The van der Waals surface area contributed by atoms with Gasteiger partial charge in [-0.15, -0.1) is 0 Å². The van der Waals surface area contributed by atoms with E-state index in [0.29, 0.717) is 23.7 Å². The standard InChI is InChI=1S/C22H25ClN2O2/c1-2-16-4-5-17(12-19(16)23)21(26)25-9-7-22(8-10-25)14-27-20-6-3-15(13-24)11-18(20)22/h3-6,11-12H,2,7-10,13-14,24H2,1H3. The van der Waals surface area contributed by atoms with Crippen LogP contribution in [0.4, 0.5) is 0 Å². The maximum Gasteiger partial charge on any atom is 0.253 e. The third-order valence-electron chi connectivity index (χ3n) is 6.04. The van der Waals surface area contributed by atoms with Gasteiger partial charge in [0.05, 0.1) is 6.61 Å². The smallest absolute Gasteiger partial charge is 0.253 e. The van der Waals surface area contributed by atoms with Crippen LogP contribution in [-0.2, 0) is 18.4 Å². The van der Waals surface area contributed by atoms with Crippen LogP contribution >= 0.6 is 11.6 Å². The SMILES string of the molecule is CCc1ccc(C(=O)N2CCC3(CC2)COc2ccc(CN)cc23)cc1Cl. The molecule has 0 aliphatic carbocycles. The first-order valence-electron chi connectivity index (χ1n) is 9.60. The molecule has 0 bridgehead atoms. The monoisotopic (exact) mass is 384 g/mol. The van der Waals surface area contributed by atoms with Gasteiger partial charge in [0.15, 0.2) is 0 Å². The molecule has 4 rings (SSSR count). The fourth-order valence-corrected chi connectivity index (χ4v) is 4.55. The summed E-state index contributed by atoms with van der Waals surface area (Å²) in [4.78, 5) is 14.9. The second-order valence-electron chi connectivity index (χ2n) is 7.56. The van der Waals surface area contributed by atoms with Crippen molar-refractivity contribution in [2.45, 2.75) is 38.1 Å². The quantitative estimate of drug-likeness (QED) is 0.872. The van der Waals surface area contributed by atoms with E-state index in [1.807, 2.05) is 29.2 Å². The molecular weight excluding hydrogens is 360 g/mol. The highest BCUT2D eigenvalue weighted by atomic mass is 35.5. The lowest BCUT2D eigenvalue weighted by molar-refractivity contribution is 0.0646. The highest BCUT2D eigenvalue weighted by Gasteiger charge is 2.43. The molecule has 0 saturated carbocycles. The topological polar surface area (TPSA) is 55.6 Å². The molecule has 2 aliphatic rings. The number of nitrogens with zero attached hydrogens (tertiary/aromatic N) is 1. The Morgan fingerprint density at radius 1 is 1.22 bits per heavy atom. The molecule has 0 atom stereocenters. The van der Waals surface area contributed by atoms with Crippen molar-refractivity contribution in [3.05, 3.63) is 63.7 Å². The Bertz CT molecular complexity index is 873. The maximum absolute atomic E-state index is 12.9. The first-order chi connectivity index (χ1) is 13.1. The normalized spacial score (nSPS) is 17.7. The number of hydrogen-bond acceptors (Lipinski definition) is 3. The minimum absolute atomic E-state index is 0.000998. The van der Waals surface area contributed by atoms with Crippen molar-refractivity contribution >= 4 is 17.5 Å². The van der Waals surface area contributed by atoms with Gasteiger partial charge in [0.2, 0.25) is 0 Å². The molecule has 2 heterocycles. The molecule has 1 fully saturated rings. The Morgan fingerprint density at radius 2 is 2.00 bits per heavy atom. The predicted octanol–water partition coefficient (Wildman–Crippen LogP) is 3.93. The van der Waals surface area contributed by atoms with Gasteiger partial charge < -0.3 is 15.4 Å². The Morgan fingerprint density at radius 3 is 2.67 bits per heavy atom. The molecule has 5 heteroatoms. The molecule has 1 amide bonds. The highest BCUT2D eigenvalue weighted by Crippen LogP contribution is 2.46. The third-order valence-corrected chi connectivity index (χ3v) is 6.40. The van der Waals surface area contributed by atoms with E-state index in [1.165, 1.54) is 5.56 Å². The lowest BCUT2D eigenvalue weighted by Gasteiger charge is -2.38. The van der Waals surface area contributed by atoms with Crippen LogP contribution in [0.2, 0.25) is 5.02 Å². The van der Waals surface area contributed by atoms with Gasteiger partial charge in [-0.25, -0.2) is 0 Å². The largest absolute Gasteiger partial charge is 0.492 e. The van der Waals surface area contributed by atoms with Gasteiger partial charge in [-0.3, -0.25) is 4.79 Å². The number of carbonyl (C=O) groups is 1. The minimum Gasteiger partial charge on any atom is -0.492 e. The molecule has 2 aromatic carbocycles. The van der Waals surface area contributed by atoms with Gasteiger partial charge in [0, 0.05) is 41.2 Å². The predicted molar refractivity (Wildman–Crippen MR) is 107 cm³/mol. The number of benzene rings is 2. The van der Waals surface area contributed by atoms with Crippen LogP contribution in [0.1, 0.15) is 46.8 Å². The van der Waals surface area contributed by atoms with Crippen LogP contribution in [0.5, 0.6) is 5.75 Å². The van der Waals surface area contributed by atoms with E-state index in [9.17, 15) is 4.79 Å². The summed E-state index contributed by atoms with van der Waals surface area (Å²) in [5.74, 6) is 1.03. The van der Waals surface area contributed by atoms with Crippen molar-refractivity contribution < 1.29 is 9.53 Å². The van der Waals surface area contributed by atoms with Crippen LogP contribution in [0.15, 0.2) is 36.4 Å². The molecule has 0 unspecified atom stereocenters. The first-order valence-corrected chi connectivity index (χ1v) is 9.98. The first kappa shape index (κ1) is 18.3. The van der Waals surface area contributed by atoms with Gasteiger partial charge in [0.25, 0.3) is 5.91 Å². The minimum atomic E-state index is 0.000998. The zero-order chi connectivity index (χ0) is 19.0. The summed E-state index contributed by atoms with van der Waals surface area (Å²) in [7, 11) is 0. The van der Waals surface area contributed by atoms with Crippen molar-refractivity contribution in [2.24, 2.45) is 5.73 Å². The maximum atomic E-state index is 12.9. The Balaban J connectivity index is 1.50. The number of nitrogens with two attached hydrogens (primary N) is 1. The number of aryl methyl sites for hydroxylation is 1. The zero-order valence-electron chi connectivity index (χ0n) is 15.6. The van der Waals surface area contributed by atoms with E-state index >= 15 is 0 Å². The van der Waals surface area contributed by atoms with Crippen molar-refractivity contribution in [1.82, 2.24) is 4.90 Å². The van der Waals surface area contributed by atoms with Crippen LogP contribution in [0.3, 0.4) is 0 Å². The average molecular weight is 385 g/mol. The van der Waals surface area contributed by atoms with Crippen molar-refractivity contribution in [3.63, 3.8) is 0 Å². The lowest BCUT2D eigenvalue weighted by atomic mass is 9.74. The van der Waals surface area contributed by atoms with E-state index in [2.05, 4.69) is 13.0 Å². The van der Waals surface area contributed by atoms with E-state index in [-0.39, 0.29) is 11.3 Å². The summed E-state index contributed by atoms with van der Waals surface area (Å²) >= 11 is 6.30. The Kier molecular flexibility index (Phi) is 4.87. The molecule has 27 heavy (non-hydrogen) atoms. The lowest BCUT2D eigenvalue weighted by Crippen LogP contribution is -2.46. The number of amides is 1. The van der Waals surface area contributed by atoms with Crippen LogP contribution in [0, 0.1) is 0 Å². The molecule has 1 spiro atoms. The Labute approximate surface area is 165 Å². The molecule has 142 valence electrons. The number of ether oxygens (including phenoxy) is 1. The second-order valence-corrected chi connectivity index (χ2v) is 7.96. The number of piperidine rings is 1. The molecule has 0 radical (unpaired) electrons. The molecule has 0 aromatic heterocycles. The van der Waals surface area contributed by atoms with E-state index < -0.39 is 0 Å². The number of fused-ring (bicyclic) bond motifs is 2. The van der Waals surface area contributed by atoms with Crippen molar-refractivity contribution in [3.8, 4) is 5.75 Å². The molecule has 1 saturated heterocycles. The summed E-state index contributed by atoms with van der Waals surface area (Å²) in [6, 6.07) is 11.9. The molecule has 2 N–H and O–H groups in total. The fraction of sp³-hybridized carbons (Fsp3) is 0.409. The second kappa shape index (κ2) is 7.17. The molecule has 2 aliphatic heterocycles. The summed E-state index contributed by atoms with van der Waals surface area (Å²) < 4.78 is 5.95. The summed E-state index contributed by atoms with van der Waals surface area (Å²) in [6.07, 6.45) is 2.67. The summed E-state index contributed by atoms with van der Waals surface area (Å²) in [5.41, 5.74) is 9.94. The molecular formula is C22H25ClN2O2. The van der Waals surface area contributed by atoms with Gasteiger partial charge in [0.1, 0.15) is 5.75 Å². The van der Waals surface area contributed by atoms with Crippen molar-refractivity contribution in [1.29, 1.82) is 0 Å². The fourth-order valence-electron chi connectivity index (χ4n) is 4.24. The third kappa shape index (κ3) is 3.21. The van der Waals surface area contributed by atoms with Crippen LogP contribution in [0.25, 0.3) is 0 Å². The van der Waals surface area contributed by atoms with Gasteiger partial charge in [-0.2, -0.15) is 0 Å². The molecule has 2 aromatic rings. The molecule has 4 nitrogen and oxygen atoms in total. The average Bonchev–Trinajstić information content (AvgIpc) is 3.05. The Hall–Kier alpha value is -2.04. The number of halogens is 1.